The molecule has 6 heteroatoms. The second kappa shape index (κ2) is 8.72. The predicted molar refractivity (Wildman–Crippen MR) is 103 cm³/mol. The van der Waals surface area contributed by atoms with E-state index in [2.05, 4.69) is 17.4 Å². The van der Waals surface area contributed by atoms with Gasteiger partial charge in [0.15, 0.2) is 0 Å². The first-order valence-corrected chi connectivity index (χ1v) is 9.33. The summed E-state index contributed by atoms with van der Waals surface area (Å²) in [6, 6.07) is 7.97. The summed E-state index contributed by atoms with van der Waals surface area (Å²) in [5.41, 5.74) is 6.80. The van der Waals surface area contributed by atoms with E-state index in [0.717, 1.165) is 43.5 Å². The summed E-state index contributed by atoms with van der Waals surface area (Å²) < 4.78 is 5.55. The lowest BCUT2D eigenvalue weighted by Gasteiger charge is -2.39. The zero-order valence-corrected chi connectivity index (χ0v) is 16.1. The minimum atomic E-state index is -0.690. The molecular weight excluding hydrogens is 359 g/mol. The van der Waals surface area contributed by atoms with Gasteiger partial charge in [-0.2, -0.15) is 0 Å². The van der Waals surface area contributed by atoms with E-state index in [4.69, 9.17) is 22.1 Å². The van der Waals surface area contributed by atoms with Crippen LogP contribution >= 0.6 is 24.0 Å². The molecule has 0 aromatic heterocycles. The van der Waals surface area contributed by atoms with Crippen LogP contribution in [0.25, 0.3) is 0 Å². The molecule has 3 N–H and O–H groups in total. The van der Waals surface area contributed by atoms with Gasteiger partial charge in [-0.1, -0.05) is 43.0 Å². The molecule has 4 nitrogen and oxygen atoms in total. The van der Waals surface area contributed by atoms with E-state index in [1.807, 2.05) is 12.1 Å². The van der Waals surface area contributed by atoms with Gasteiger partial charge in [-0.3, -0.25) is 4.79 Å². The molecular formula is C19H28Cl2N2O2. The minimum Gasteiger partial charge on any atom is -0.381 e. The van der Waals surface area contributed by atoms with E-state index in [-0.39, 0.29) is 23.7 Å². The van der Waals surface area contributed by atoms with Gasteiger partial charge in [0.1, 0.15) is 0 Å². The van der Waals surface area contributed by atoms with E-state index in [1.165, 1.54) is 12.0 Å². The zero-order valence-electron chi connectivity index (χ0n) is 14.6. The fourth-order valence-electron chi connectivity index (χ4n) is 3.97. The van der Waals surface area contributed by atoms with E-state index < -0.39 is 5.54 Å². The van der Waals surface area contributed by atoms with Gasteiger partial charge >= 0.3 is 0 Å². The highest BCUT2D eigenvalue weighted by atomic mass is 35.5. The van der Waals surface area contributed by atoms with Gasteiger partial charge in [0.2, 0.25) is 5.91 Å². The van der Waals surface area contributed by atoms with Crippen LogP contribution in [0.5, 0.6) is 0 Å². The summed E-state index contributed by atoms with van der Waals surface area (Å²) in [5.74, 6) is 0.00188. The number of ether oxygens (including phenoxy) is 1. The first-order chi connectivity index (χ1) is 11.5. The number of rotatable bonds is 4. The normalized spacial score (nSPS) is 21.8. The summed E-state index contributed by atoms with van der Waals surface area (Å²) in [4.78, 5) is 12.7. The van der Waals surface area contributed by atoms with Crippen molar-refractivity contribution >= 4 is 29.9 Å². The molecule has 2 aliphatic rings. The number of amides is 1. The molecule has 0 bridgehead atoms. The Morgan fingerprint density at radius 1 is 1.08 bits per heavy atom. The second-order valence-corrected chi connectivity index (χ2v) is 7.74. The lowest BCUT2D eigenvalue weighted by atomic mass is 9.73. The third-order valence-corrected chi connectivity index (χ3v) is 5.94. The van der Waals surface area contributed by atoms with Gasteiger partial charge < -0.3 is 15.8 Å². The molecule has 140 valence electrons. The molecule has 1 aromatic rings. The van der Waals surface area contributed by atoms with Gasteiger partial charge in [0.25, 0.3) is 0 Å². The molecule has 25 heavy (non-hydrogen) atoms. The largest absolute Gasteiger partial charge is 0.381 e. The molecule has 2 fully saturated rings. The summed E-state index contributed by atoms with van der Waals surface area (Å²) in [6.45, 7) is 2.04. The van der Waals surface area contributed by atoms with Crippen molar-refractivity contribution in [2.45, 2.75) is 55.9 Å². The van der Waals surface area contributed by atoms with Crippen molar-refractivity contribution in [3.63, 3.8) is 0 Å². The van der Waals surface area contributed by atoms with Crippen molar-refractivity contribution in [1.82, 2.24) is 5.32 Å². The number of hydrogen-bond acceptors (Lipinski definition) is 3. The molecule has 3 rings (SSSR count). The molecule has 1 amide bonds. The molecule has 1 aliphatic carbocycles. The SMILES string of the molecule is Cl.NC1(C(=O)NCC2(c3ccc(Cl)cc3)CCOCC2)CCCCC1. The van der Waals surface area contributed by atoms with Gasteiger partial charge in [-0.05, 0) is 43.4 Å². The molecule has 0 radical (unpaired) electrons. The second-order valence-electron chi connectivity index (χ2n) is 7.30. The lowest BCUT2D eigenvalue weighted by Crippen LogP contribution is -2.57. The average molecular weight is 387 g/mol. The fraction of sp³-hybridized carbons (Fsp3) is 0.632. The first kappa shape index (κ1) is 20.5. The summed E-state index contributed by atoms with van der Waals surface area (Å²) in [6.07, 6.45) is 6.63. The highest BCUT2D eigenvalue weighted by Gasteiger charge is 2.39. The maximum Gasteiger partial charge on any atom is 0.240 e. The Labute approximate surface area is 161 Å². The van der Waals surface area contributed by atoms with Crippen LogP contribution in [-0.2, 0) is 14.9 Å². The quantitative estimate of drug-likeness (QED) is 0.830. The van der Waals surface area contributed by atoms with Gasteiger partial charge in [0, 0.05) is 30.2 Å². The van der Waals surface area contributed by atoms with E-state index >= 15 is 0 Å². The molecule has 0 unspecified atom stereocenters. The fourth-order valence-corrected chi connectivity index (χ4v) is 4.09. The molecule has 0 spiro atoms. The Hall–Kier alpha value is -0.810. The Morgan fingerprint density at radius 2 is 1.68 bits per heavy atom. The van der Waals surface area contributed by atoms with Crippen molar-refractivity contribution in [3.8, 4) is 0 Å². The van der Waals surface area contributed by atoms with Crippen LogP contribution in [0, 0.1) is 0 Å². The van der Waals surface area contributed by atoms with Crippen LogP contribution in [0.15, 0.2) is 24.3 Å². The summed E-state index contributed by atoms with van der Waals surface area (Å²) >= 11 is 6.03. The third-order valence-electron chi connectivity index (χ3n) is 5.69. The Morgan fingerprint density at radius 3 is 2.28 bits per heavy atom. The van der Waals surface area contributed by atoms with Gasteiger partial charge in [0.05, 0.1) is 5.54 Å². The maximum atomic E-state index is 12.7. The van der Waals surface area contributed by atoms with E-state index in [1.54, 1.807) is 0 Å². The molecule has 1 heterocycles. The number of hydrogen-bond donors (Lipinski definition) is 2. The zero-order chi connectivity index (χ0) is 17.0. The number of nitrogens with two attached hydrogens (primary N) is 1. The highest BCUT2D eigenvalue weighted by molar-refractivity contribution is 6.30. The first-order valence-electron chi connectivity index (χ1n) is 8.95. The number of carbonyl (C=O) groups is 1. The monoisotopic (exact) mass is 386 g/mol. The van der Waals surface area contributed by atoms with Crippen molar-refractivity contribution < 1.29 is 9.53 Å². The summed E-state index contributed by atoms with van der Waals surface area (Å²) in [7, 11) is 0. The Bertz CT molecular complexity index is 565. The van der Waals surface area contributed by atoms with Crippen molar-refractivity contribution in [1.29, 1.82) is 0 Å². The van der Waals surface area contributed by atoms with Crippen LogP contribution in [0.3, 0.4) is 0 Å². The van der Waals surface area contributed by atoms with Crippen LogP contribution in [0.2, 0.25) is 5.02 Å². The third kappa shape index (κ3) is 4.68. The van der Waals surface area contributed by atoms with E-state index in [0.29, 0.717) is 19.8 Å². The topological polar surface area (TPSA) is 64.4 Å². The van der Waals surface area contributed by atoms with Crippen molar-refractivity contribution in [2.24, 2.45) is 5.73 Å². The highest BCUT2D eigenvalue weighted by Crippen LogP contribution is 2.35. The van der Waals surface area contributed by atoms with Crippen molar-refractivity contribution in [2.75, 3.05) is 19.8 Å². The predicted octanol–water partition coefficient (Wildman–Crippen LogP) is 3.59. The van der Waals surface area contributed by atoms with Crippen LogP contribution in [0.4, 0.5) is 0 Å². The standard InChI is InChI=1S/C19H27ClN2O2.ClH/c20-16-6-4-15(5-7-16)18(10-12-24-13-11-18)14-22-17(23)19(21)8-2-1-3-9-19;/h4-7H,1-3,8-14,21H2,(H,22,23);1H. The van der Waals surface area contributed by atoms with E-state index in [9.17, 15) is 4.79 Å². The number of benzene rings is 1. The Kier molecular flexibility index (Phi) is 7.15. The maximum absolute atomic E-state index is 12.7. The van der Waals surface area contributed by atoms with Crippen LogP contribution < -0.4 is 11.1 Å². The Balaban J connectivity index is 0.00000225. The summed E-state index contributed by atoms with van der Waals surface area (Å²) in [5, 5.41) is 3.89. The molecule has 0 atom stereocenters. The van der Waals surface area contributed by atoms with Crippen LogP contribution in [-0.4, -0.2) is 31.2 Å². The molecule has 1 aliphatic heterocycles. The van der Waals surface area contributed by atoms with Gasteiger partial charge in [-0.25, -0.2) is 0 Å². The van der Waals surface area contributed by atoms with Crippen molar-refractivity contribution in [3.05, 3.63) is 34.9 Å². The number of nitrogens with one attached hydrogen (secondary N) is 1. The minimum absolute atomic E-state index is 0. The molecule has 1 saturated carbocycles. The molecule has 1 saturated heterocycles. The lowest BCUT2D eigenvalue weighted by molar-refractivity contribution is -0.128. The van der Waals surface area contributed by atoms with Gasteiger partial charge in [-0.15, -0.1) is 12.4 Å². The number of carbonyl (C=O) groups excluding carboxylic acids is 1. The average Bonchev–Trinajstić information content (AvgIpc) is 2.61. The smallest absolute Gasteiger partial charge is 0.240 e. The molecule has 1 aromatic carbocycles. The number of halogens is 2. The van der Waals surface area contributed by atoms with Crippen LogP contribution in [0.1, 0.15) is 50.5 Å².